The zero-order valence-corrected chi connectivity index (χ0v) is 13.3. The molecule has 3 heteroatoms. The lowest BCUT2D eigenvalue weighted by molar-refractivity contribution is 0.108. The highest BCUT2D eigenvalue weighted by Gasteiger charge is 2.22. The van der Waals surface area contributed by atoms with Gasteiger partial charge >= 0.3 is 0 Å². The molecule has 0 saturated carbocycles. The maximum atomic E-state index is 9.69. The van der Waals surface area contributed by atoms with Crippen molar-refractivity contribution in [2.75, 3.05) is 6.54 Å². The van der Waals surface area contributed by atoms with Crippen molar-refractivity contribution in [2.45, 2.75) is 57.7 Å². The zero-order valence-electron chi connectivity index (χ0n) is 11.7. The Morgan fingerprint density at radius 3 is 2.95 bits per heavy atom. The van der Waals surface area contributed by atoms with Crippen LogP contribution < -0.4 is 0 Å². The lowest BCUT2D eigenvalue weighted by atomic mass is 10.0. The van der Waals surface area contributed by atoms with E-state index in [0.29, 0.717) is 6.04 Å². The molecule has 0 spiro atoms. The number of nitrogens with zero attached hydrogens (tertiary/aromatic N) is 1. The van der Waals surface area contributed by atoms with Crippen molar-refractivity contribution in [1.29, 1.82) is 0 Å². The van der Waals surface area contributed by atoms with E-state index in [4.69, 9.17) is 0 Å². The van der Waals surface area contributed by atoms with Gasteiger partial charge in [-0.3, -0.25) is 4.90 Å². The summed E-state index contributed by atoms with van der Waals surface area (Å²) in [5.41, 5.74) is 1.35. The molecular weight excluding hydrogens is 302 g/mol. The number of hydrogen-bond acceptors (Lipinski definition) is 2. The molecule has 1 N–H and O–H groups in total. The van der Waals surface area contributed by atoms with E-state index in [9.17, 15) is 5.11 Å². The Bertz CT molecular complexity index is 394. The number of likely N-dealkylation sites (tertiary alicyclic amines) is 1. The molecule has 0 aliphatic carbocycles. The molecule has 1 fully saturated rings. The van der Waals surface area contributed by atoms with Gasteiger partial charge in [0.05, 0.1) is 6.10 Å². The first-order chi connectivity index (χ1) is 9.15. The molecule has 2 rings (SSSR count). The van der Waals surface area contributed by atoms with Crippen molar-refractivity contribution in [1.82, 2.24) is 4.90 Å². The normalized spacial score (nSPS) is 23.0. The van der Waals surface area contributed by atoms with E-state index in [1.165, 1.54) is 31.2 Å². The summed E-state index contributed by atoms with van der Waals surface area (Å²) in [4.78, 5) is 2.56. The Hall–Kier alpha value is -0.380. The molecule has 1 aromatic carbocycles. The Kier molecular flexibility index (Phi) is 5.86. The number of hydrogen-bond donors (Lipinski definition) is 1. The fourth-order valence-corrected chi connectivity index (χ4v) is 3.42. The van der Waals surface area contributed by atoms with Gasteiger partial charge in [0.25, 0.3) is 0 Å². The van der Waals surface area contributed by atoms with E-state index in [1.807, 2.05) is 6.92 Å². The number of aliphatic hydroxyl groups is 1. The molecular formula is C16H24BrNO. The van der Waals surface area contributed by atoms with Crippen molar-refractivity contribution in [2.24, 2.45) is 0 Å². The second-order valence-corrected chi connectivity index (χ2v) is 6.60. The summed E-state index contributed by atoms with van der Waals surface area (Å²) < 4.78 is 1.15. The van der Waals surface area contributed by atoms with Crippen LogP contribution in [-0.4, -0.2) is 28.7 Å². The standard InChI is InChI=1S/C16H24BrNO/c1-13(19)10-16-8-3-2-4-9-18(16)12-14-6-5-7-15(17)11-14/h5-7,11,13,16,19H,2-4,8-10,12H2,1H3. The average Bonchev–Trinajstić information content (AvgIpc) is 2.55. The highest BCUT2D eigenvalue weighted by molar-refractivity contribution is 9.10. The Morgan fingerprint density at radius 2 is 2.21 bits per heavy atom. The van der Waals surface area contributed by atoms with Crippen LogP contribution >= 0.6 is 15.9 Å². The van der Waals surface area contributed by atoms with Crippen LogP contribution in [0.3, 0.4) is 0 Å². The summed E-state index contributed by atoms with van der Waals surface area (Å²) in [6, 6.07) is 9.08. The molecule has 0 aromatic heterocycles. The van der Waals surface area contributed by atoms with Gasteiger partial charge in [0, 0.05) is 17.1 Å². The van der Waals surface area contributed by atoms with E-state index >= 15 is 0 Å². The SMILES string of the molecule is CC(O)CC1CCCCCN1Cc1cccc(Br)c1. The highest BCUT2D eigenvalue weighted by Crippen LogP contribution is 2.23. The first-order valence-electron chi connectivity index (χ1n) is 7.31. The first kappa shape index (κ1) is 15.0. The van der Waals surface area contributed by atoms with E-state index in [0.717, 1.165) is 24.0 Å². The fourth-order valence-electron chi connectivity index (χ4n) is 2.98. The van der Waals surface area contributed by atoms with Crippen LogP contribution in [0.2, 0.25) is 0 Å². The number of halogens is 1. The fraction of sp³-hybridized carbons (Fsp3) is 0.625. The van der Waals surface area contributed by atoms with Gasteiger partial charge in [-0.1, -0.05) is 40.9 Å². The van der Waals surface area contributed by atoms with E-state index < -0.39 is 0 Å². The molecule has 1 heterocycles. The molecule has 2 atom stereocenters. The molecule has 1 aliphatic heterocycles. The predicted octanol–water partition coefficient (Wildman–Crippen LogP) is 3.96. The second kappa shape index (κ2) is 7.41. The monoisotopic (exact) mass is 325 g/mol. The van der Waals surface area contributed by atoms with Crippen molar-refractivity contribution in [3.8, 4) is 0 Å². The molecule has 1 aliphatic rings. The van der Waals surface area contributed by atoms with Crippen LogP contribution in [0, 0.1) is 0 Å². The van der Waals surface area contributed by atoms with Gasteiger partial charge in [-0.15, -0.1) is 0 Å². The van der Waals surface area contributed by atoms with Gasteiger partial charge in [-0.2, -0.15) is 0 Å². The molecule has 0 amide bonds. The Labute approximate surface area is 124 Å². The number of aliphatic hydroxyl groups excluding tert-OH is 1. The minimum Gasteiger partial charge on any atom is -0.393 e. The molecule has 1 saturated heterocycles. The van der Waals surface area contributed by atoms with Gasteiger partial charge in [-0.25, -0.2) is 0 Å². The highest BCUT2D eigenvalue weighted by atomic mass is 79.9. The maximum Gasteiger partial charge on any atom is 0.0527 e. The predicted molar refractivity (Wildman–Crippen MR) is 83.1 cm³/mol. The summed E-state index contributed by atoms with van der Waals surface area (Å²) in [6.45, 7) is 4.06. The summed E-state index contributed by atoms with van der Waals surface area (Å²) in [6.07, 6.45) is 5.82. The van der Waals surface area contributed by atoms with Crippen molar-refractivity contribution >= 4 is 15.9 Å². The number of rotatable bonds is 4. The largest absolute Gasteiger partial charge is 0.393 e. The molecule has 0 bridgehead atoms. The summed E-state index contributed by atoms with van der Waals surface area (Å²) in [7, 11) is 0. The van der Waals surface area contributed by atoms with Crippen LogP contribution in [0.4, 0.5) is 0 Å². The van der Waals surface area contributed by atoms with Crippen LogP contribution in [-0.2, 0) is 6.54 Å². The zero-order chi connectivity index (χ0) is 13.7. The quantitative estimate of drug-likeness (QED) is 0.905. The molecule has 2 unspecified atom stereocenters. The topological polar surface area (TPSA) is 23.5 Å². The van der Waals surface area contributed by atoms with E-state index in [-0.39, 0.29) is 6.10 Å². The third kappa shape index (κ3) is 4.90. The van der Waals surface area contributed by atoms with Crippen LogP contribution in [0.25, 0.3) is 0 Å². The third-order valence-electron chi connectivity index (χ3n) is 3.89. The Morgan fingerprint density at radius 1 is 1.37 bits per heavy atom. The van der Waals surface area contributed by atoms with Crippen molar-refractivity contribution in [3.05, 3.63) is 34.3 Å². The van der Waals surface area contributed by atoms with Gasteiger partial charge < -0.3 is 5.11 Å². The van der Waals surface area contributed by atoms with Crippen LogP contribution in [0.15, 0.2) is 28.7 Å². The van der Waals surface area contributed by atoms with Gasteiger partial charge in [0.1, 0.15) is 0 Å². The molecule has 1 aromatic rings. The lowest BCUT2D eigenvalue weighted by Crippen LogP contribution is -2.36. The smallest absolute Gasteiger partial charge is 0.0527 e. The molecule has 19 heavy (non-hydrogen) atoms. The minimum absolute atomic E-state index is 0.201. The molecule has 0 radical (unpaired) electrons. The minimum atomic E-state index is -0.201. The molecule has 2 nitrogen and oxygen atoms in total. The maximum absolute atomic E-state index is 9.69. The van der Waals surface area contributed by atoms with E-state index in [1.54, 1.807) is 0 Å². The van der Waals surface area contributed by atoms with Gasteiger partial charge in [0.15, 0.2) is 0 Å². The first-order valence-corrected chi connectivity index (χ1v) is 8.11. The van der Waals surface area contributed by atoms with Crippen LogP contribution in [0.1, 0.15) is 44.6 Å². The van der Waals surface area contributed by atoms with Crippen molar-refractivity contribution < 1.29 is 5.11 Å². The van der Waals surface area contributed by atoms with Gasteiger partial charge in [0.2, 0.25) is 0 Å². The third-order valence-corrected chi connectivity index (χ3v) is 4.38. The summed E-state index contributed by atoms with van der Waals surface area (Å²) >= 11 is 3.54. The lowest BCUT2D eigenvalue weighted by Gasteiger charge is -2.31. The van der Waals surface area contributed by atoms with Crippen molar-refractivity contribution in [3.63, 3.8) is 0 Å². The summed E-state index contributed by atoms with van der Waals surface area (Å²) in [5.74, 6) is 0. The second-order valence-electron chi connectivity index (χ2n) is 5.69. The average molecular weight is 326 g/mol. The Balaban J connectivity index is 2.05. The van der Waals surface area contributed by atoms with Gasteiger partial charge in [-0.05, 0) is 50.4 Å². The summed E-state index contributed by atoms with van der Waals surface area (Å²) in [5, 5.41) is 9.69. The number of benzene rings is 1. The van der Waals surface area contributed by atoms with Crippen LogP contribution in [0.5, 0.6) is 0 Å². The van der Waals surface area contributed by atoms with E-state index in [2.05, 4.69) is 45.1 Å². The molecule has 106 valence electrons.